The van der Waals surface area contributed by atoms with Gasteiger partial charge in [0.1, 0.15) is 0 Å². The van der Waals surface area contributed by atoms with Gasteiger partial charge in [0.2, 0.25) is 0 Å². The summed E-state index contributed by atoms with van der Waals surface area (Å²) >= 11 is 0. The van der Waals surface area contributed by atoms with E-state index >= 15 is 0 Å². The summed E-state index contributed by atoms with van der Waals surface area (Å²) in [5.74, 6) is -0.281. The zero-order valence-electron chi connectivity index (χ0n) is 16.2. The average Bonchev–Trinajstić information content (AvgIpc) is 2.68. The Balaban J connectivity index is 1.77. The van der Waals surface area contributed by atoms with Crippen molar-refractivity contribution in [2.75, 3.05) is 39.1 Å². The Morgan fingerprint density at radius 3 is 2.54 bits per heavy atom. The molecule has 1 fully saturated rings. The first-order chi connectivity index (χ1) is 13.3. The molecule has 28 heavy (non-hydrogen) atoms. The van der Waals surface area contributed by atoms with Gasteiger partial charge in [0.15, 0.2) is 9.84 Å². The van der Waals surface area contributed by atoms with E-state index in [4.69, 9.17) is 4.74 Å². The lowest BCUT2D eigenvalue weighted by Gasteiger charge is -2.35. The Morgan fingerprint density at radius 2 is 1.86 bits per heavy atom. The minimum atomic E-state index is -3.36. The van der Waals surface area contributed by atoms with E-state index in [0.29, 0.717) is 25.3 Å². The molecule has 1 aliphatic rings. The number of ether oxygens (including phenoxy) is 1. The van der Waals surface area contributed by atoms with Gasteiger partial charge in [-0.3, -0.25) is 9.69 Å². The monoisotopic (exact) mass is 402 g/mol. The van der Waals surface area contributed by atoms with Crippen LogP contribution in [-0.4, -0.2) is 58.3 Å². The van der Waals surface area contributed by atoms with Crippen molar-refractivity contribution in [1.29, 1.82) is 0 Å². The number of hydrogen-bond acceptors (Lipinski definition) is 5. The molecule has 0 aromatic heterocycles. The molecule has 3 rings (SSSR count). The molecule has 1 atom stereocenters. The van der Waals surface area contributed by atoms with Crippen LogP contribution < -0.4 is 5.32 Å². The summed E-state index contributed by atoms with van der Waals surface area (Å²) in [4.78, 5) is 15.1. The first kappa shape index (κ1) is 20.5. The van der Waals surface area contributed by atoms with Crippen LogP contribution in [0.25, 0.3) is 0 Å². The number of morpholine rings is 1. The Kier molecular flexibility index (Phi) is 6.49. The quantitative estimate of drug-likeness (QED) is 0.802. The summed E-state index contributed by atoms with van der Waals surface area (Å²) in [6.07, 6.45) is 1.14. The number of carbonyl (C=O) groups is 1. The molecular weight excluding hydrogens is 376 g/mol. The van der Waals surface area contributed by atoms with E-state index in [-0.39, 0.29) is 16.8 Å². The summed E-state index contributed by atoms with van der Waals surface area (Å²) < 4.78 is 29.0. The van der Waals surface area contributed by atoms with Gasteiger partial charge in [-0.05, 0) is 30.7 Å². The van der Waals surface area contributed by atoms with E-state index in [1.807, 2.05) is 6.07 Å². The lowest BCUT2D eigenvalue weighted by atomic mass is 10.0. The fraction of sp³-hybridized carbons (Fsp3) is 0.381. The van der Waals surface area contributed by atoms with Crippen LogP contribution in [0.15, 0.2) is 53.4 Å². The largest absolute Gasteiger partial charge is 0.379 e. The van der Waals surface area contributed by atoms with Crippen molar-refractivity contribution in [3.63, 3.8) is 0 Å². The molecule has 0 bridgehead atoms. The smallest absolute Gasteiger partial charge is 0.251 e. The van der Waals surface area contributed by atoms with Crippen molar-refractivity contribution >= 4 is 15.7 Å². The second kappa shape index (κ2) is 8.86. The summed E-state index contributed by atoms with van der Waals surface area (Å²) in [6, 6.07) is 14.4. The van der Waals surface area contributed by atoms with Crippen molar-refractivity contribution in [2.45, 2.75) is 17.9 Å². The third-order valence-corrected chi connectivity index (χ3v) is 6.00. The minimum Gasteiger partial charge on any atom is -0.379 e. The number of nitrogens with one attached hydrogen (secondary N) is 1. The van der Waals surface area contributed by atoms with Crippen molar-refractivity contribution in [1.82, 2.24) is 10.2 Å². The summed E-state index contributed by atoms with van der Waals surface area (Å²) in [6.45, 7) is 5.44. The fourth-order valence-electron chi connectivity index (χ4n) is 3.38. The molecule has 1 heterocycles. The van der Waals surface area contributed by atoms with Gasteiger partial charge in [0.25, 0.3) is 5.91 Å². The average molecular weight is 403 g/mol. The van der Waals surface area contributed by atoms with E-state index in [9.17, 15) is 13.2 Å². The molecule has 1 aliphatic heterocycles. The molecular formula is C21H26N2O4S. The lowest BCUT2D eigenvalue weighted by Crippen LogP contribution is -2.43. The Morgan fingerprint density at radius 1 is 1.14 bits per heavy atom. The van der Waals surface area contributed by atoms with Crippen molar-refractivity contribution in [2.24, 2.45) is 0 Å². The zero-order chi connectivity index (χ0) is 20.1. The lowest BCUT2D eigenvalue weighted by molar-refractivity contribution is 0.0162. The van der Waals surface area contributed by atoms with Crippen molar-refractivity contribution in [3.05, 3.63) is 65.2 Å². The highest BCUT2D eigenvalue weighted by molar-refractivity contribution is 7.90. The number of aryl methyl sites for hydroxylation is 1. The van der Waals surface area contributed by atoms with Gasteiger partial charge < -0.3 is 10.1 Å². The maximum Gasteiger partial charge on any atom is 0.251 e. The van der Waals surface area contributed by atoms with E-state index in [1.165, 1.54) is 17.7 Å². The van der Waals surface area contributed by atoms with E-state index in [0.717, 1.165) is 24.9 Å². The number of rotatable bonds is 6. The first-order valence-electron chi connectivity index (χ1n) is 9.31. The van der Waals surface area contributed by atoms with Crippen LogP contribution >= 0.6 is 0 Å². The van der Waals surface area contributed by atoms with Gasteiger partial charge >= 0.3 is 0 Å². The number of carbonyl (C=O) groups excluding carboxylic acids is 1. The molecule has 7 heteroatoms. The predicted octanol–water partition coefficient (Wildman–Crippen LogP) is 2.20. The van der Waals surface area contributed by atoms with Gasteiger partial charge in [-0.15, -0.1) is 0 Å². The van der Waals surface area contributed by atoms with Crippen LogP contribution in [-0.2, 0) is 14.6 Å². The summed E-state index contributed by atoms with van der Waals surface area (Å²) in [5, 5.41) is 2.98. The van der Waals surface area contributed by atoms with E-state index in [2.05, 4.69) is 35.3 Å². The molecule has 2 aromatic rings. The second-order valence-electron chi connectivity index (χ2n) is 7.09. The van der Waals surface area contributed by atoms with E-state index in [1.54, 1.807) is 12.1 Å². The van der Waals surface area contributed by atoms with Crippen molar-refractivity contribution in [3.8, 4) is 0 Å². The summed E-state index contributed by atoms with van der Waals surface area (Å²) in [7, 11) is -3.36. The highest BCUT2D eigenvalue weighted by Gasteiger charge is 2.23. The van der Waals surface area contributed by atoms with Gasteiger partial charge in [0, 0.05) is 31.5 Å². The van der Waals surface area contributed by atoms with Crippen LogP contribution in [0.5, 0.6) is 0 Å². The molecule has 6 nitrogen and oxygen atoms in total. The molecule has 1 saturated heterocycles. The predicted molar refractivity (Wildman–Crippen MR) is 108 cm³/mol. The Bertz CT molecular complexity index is 937. The fourth-order valence-corrected chi connectivity index (χ4v) is 4.05. The van der Waals surface area contributed by atoms with Gasteiger partial charge in [-0.1, -0.05) is 35.9 Å². The Hall–Kier alpha value is -2.22. The highest BCUT2D eigenvalue weighted by Crippen LogP contribution is 2.22. The number of benzene rings is 2. The van der Waals surface area contributed by atoms with Crippen LogP contribution in [0.1, 0.15) is 27.5 Å². The van der Waals surface area contributed by atoms with Crippen LogP contribution in [0, 0.1) is 6.92 Å². The highest BCUT2D eigenvalue weighted by atomic mass is 32.2. The number of hydrogen-bond donors (Lipinski definition) is 1. The maximum atomic E-state index is 12.7. The second-order valence-corrected chi connectivity index (χ2v) is 9.10. The normalized spacial score (nSPS) is 16.5. The topological polar surface area (TPSA) is 75.7 Å². The third kappa shape index (κ3) is 5.19. The SMILES string of the molecule is Cc1cccc(C(CNC(=O)c2cccc(S(C)(=O)=O)c2)N2CCOCC2)c1. The molecule has 0 spiro atoms. The molecule has 1 unspecified atom stereocenters. The molecule has 150 valence electrons. The van der Waals surface area contributed by atoms with Crippen LogP contribution in [0.3, 0.4) is 0 Å². The van der Waals surface area contributed by atoms with Crippen molar-refractivity contribution < 1.29 is 17.9 Å². The summed E-state index contributed by atoms with van der Waals surface area (Å²) in [5.41, 5.74) is 2.66. The molecule has 1 amide bonds. The molecule has 0 aliphatic carbocycles. The van der Waals surface area contributed by atoms with Gasteiger partial charge in [0.05, 0.1) is 24.2 Å². The van der Waals surface area contributed by atoms with Crippen LogP contribution in [0.4, 0.5) is 0 Å². The number of nitrogens with zero attached hydrogens (tertiary/aromatic N) is 1. The third-order valence-electron chi connectivity index (χ3n) is 4.89. The Labute approximate surface area is 166 Å². The molecule has 0 radical (unpaired) electrons. The molecule has 1 N–H and O–H groups in total. The van der Waals surface area contributed by atoms with Crippen LogP contribution in [0.2, 0.25) is 0 Å². The maximum absolute atomic E-state index is 12.7. The van der Waals surface area contributed by atoms with E-state index < -0.39 is 9.84 Å². The van der Waals surface area contributed by atoms with Gasteiger partial charge in [-0.25, -0.2) is 8.42 Å². The van der Waals surface area contributed by atoms with Gasteiger partial charge in [-0.2, -0.15) is 0 Å². The zero-order valence-corrected chi connectivity index (χ0v) is 17.0. The standard InChI is InChI=1S/C21H26N2O4S/c1-16-5-3-6-17(13-16)20(23-9-11-27-12-10-23)15-22-21(24)18-7-4-8-19(14-18)28(2,25)26/h3-8,13-14,20H,9-12,15H2,1-2H3,(H,22,24). The number of sulfone groups is 1. The molecule has 2 aromatic carbocycles. The molecule has 0 saturated carbocycles. The first-order valence-corrected chi connectivity index (χ1v) is 11.2. The minimum absolute atomic E-state index is 0.0332. The number of amides is 1.